The molecule has 0 fully saturated rings. The van der Waals surface area contributed by atoms with Crippen molar-refractivity contribution in [1.82, 2.24) is 20.0 Å². The van der Waals surface area contributed by atoms with E-state index < -0.39 is 0 Å². The molecule has 0 N–H and O–H groups in total. The molecule has 5 nitrogen and oxygen atoms in total. The monoisotopic (exact) mass is 198 g/mol. The van der Waals surface area contributed by atoms with E-state index in [0.29, 0.717) is 11.4 Å². The number of aryl methyl sites for hydroxylation is 1. The lowest BCUT2D eigenvalue weighted by Gasteiger charge is -1.97. The van der Waals surface area contributed by atoms with Gasteiger partial charge in [-0.1, -0.05) is 11.6 Å². The van der Waals surface area contributed by atoms with Gasteiger partial charge in [-0.15, -0.1) is 10.2 Å². The number of nitrogens with zero attached hydrogens (tertiary/aromatic N) is 4. The second-order valence-corrected chi connectivity index (χ2v) is 2.92. The molecule has 0 aliphatic heterocycles. The van der Waals surface area contributed by atoms with Crippen LogP contribution in [0.5, 0.6) is 5.88 Å². The standard InChI is InChI=1S/C7H7ClN4O/c1-12-3-4-5(11-12)6(8)9-10-7(4)13-2/h3H,1-2H3. The third kappa shape index (κ3) is 1.21. The van der Waals surface area contributed by atoms with Crippen molar-refractivity contribution in [2.24, 2.45) is 7.05 Å². The SMILES string of the molecule is COc1nnc(Cl)c2nn(C)cc12. The summed E-state index contributed by atoms with van der Waals surface area (Å²) in [4.78, 5) is 0. The fourth-order valence-electron chi connectivity index (χ4n) is 1.14. The lowest BCUT2D eigenvalue weighted by molar-refractivity contribution is 0.398. The van der Waals surface area contributed by atoms with Gasteiger partial charge in [0, 0.05) is 13.2 Å². The lowest BCUT2D eigenvalue weighted by atomic mass is 10.4. The number of ether oxygens (including phenoxy) is 1. The van der Waals surface area contributed by atoms with Gasteiger partial charge in [-0.25, -0.2) is 0 Å². The molecular formula is C7H7ClN4O. The van der Waals surface area contributed by atoms with E-state index in [0.717, 1.165) is 5.39 Å². The Kier molecular flexibility index (Phi) is 1.81. The second kappa shape index (κ2) is 2.85. The van der Waals surface area contributed by atoms with Gasteiger partial charge >= 0.3 is 0 Å². The number of hydrogen-bond donors (Lipinski definition) is 0. The summed E-state index contributed by atoms with van der Waals surface area (Å²) in [5, 5.41) is 12.7. The molecule has 0 unspecified atom stereocenters. The third-order valence-electron chi connectivity index (χ3n) is 1.68. The highest BCUT2D eigenvalue weighted by Crippen LogP contribution is 2.25. The average molecular weight is 199 g/mol. The predicted octanol–water partition coefficient (Wildman–Crippen LogP) is 1.03. The van der Waals surface area contributed by atoms with Gasteiger partial charge in [-0.2, -0.15) is 5.10 Å². The summed E-state index contributed by atoms with van der Waals surface area (Å²) in [6, 6.07) is 0. The van der Waals surface area contributed by atoms with Crippen LogP contribution in [0.1, 0.15) is 0 Å². The number of hydrogen-bond acceptors (Lipinski definition) is 4. The fraction of sp³-hybridized carbons (Fsp3) is 0.286. The second-order valence-electron chi connectivity index (χ2n) is 2.57. The van der Waals surface area contributed by atoms with Crippen molar-refractivity contribution in [1.29, 1.82) is 0 Å². The van der Waals surface area contributed by atoms with Crippen molar-refractivity contribution in [3.8, 4) is 5.88 Å². The summed E-state index contributed by atoms with van der Waals surface area (Å²) in [6.45, 7) is 0. The van der Waals surface area contributed by atoms with Crippen LogP contribution in [0.25, 0.3) is 10.9 Å². The van der Waals surface area contributed by atoms with Gasteiger partial charge in [0.05, 0.1) is 12.5 Å². The molecule has 0 radical (unpaired) electrons. The van der Waals surface area contributed by atoms with Gasteiger partial charge in [-0.3, -0.25) is 4.68 Å². The van der Waals surface area contributed by atoms with Crippen molar-refractivity contribution in [3.05, 3.63) is 11.3 Å². The Morgan fingerprint density at radius 1 is 1.46 bits per heavy atom. The minimum absolute atomic E-state index is 0.288. The van der Waals surface area contributed by atoms with E-state index in [1.54, 1.807) is 17.9 Å². The number of methoxy groups -OCH3 is 1. The van der Waals surface area contributed by atoms with Crippen molar-refractivity contribution in [2.75, 3.05) is 7.11 Å². The van der Waals surface area contributed by atoms with Crippen molar-refractivity contribution in [2.45, 2.75) is 0 Å². The van der Waals surface area contributed by atoms with E-state index in [4.69, 9.17) is 16.3 Å². The maximum Gasteiger partial charge on any atom is 0.244 e. The Morgan fingerprint density at radius 2 is 2.23 bits per heavy atom. The molecule has 13 heavy (non-hydrogen) atoms. The topological polar surface area (TPSA) is 52.8 Å². The minimum atomic E-state index is 0.288. The van der Waals surface area contributed by atoms with Gasteiger partial charge in [0.15, 0.2) is 5.15 Å². The van der Waals surface area contributed by atoms with Crippen LogP contribution in [0.4, 0.5) is 0 Å². The van der Waals surface area contributed by atoms with E-state index in [1.165, 1.54) is 7.11 Å². The van der Waals surface area contributed by atoms with Crippen LogP contribution in [0.2, 0.25) is 5.15 Å². The number of aromatic nitrogens is 4. The van der Waals surface area contributed by atoms with E-state index >= 15 is 0 Å². The van der Waals surface area contributed by atoms with Crippen LogP contribution >= 0.6 is 11.6 Å². The molecule has 0 saturated heterocycles. The Bertz CT molecular complexity index is 453. The van der Waals surface area contributed by atoms with Gasteiger partial charge in [0.1, 0.15) is 5.52 Å². The normalized spacial score (nSPS) is 10.7. The molecule has 68 valence electrons. The van der Waals surface area contributed by atoms with Crippen LogP contribution in [0, 0.1) is 0 Å². The van der Waals surface area contributed by atoms with Crippen LogP contribution < -0.4 is 4.74 Å². The largest absolute Gasteiger partial charge is 0.479 e. The van der Waals surface area contributed by atoms with E-state index in [1.807, 2.05) is 0 Å². The van der Waals surface area contributed by atoms with Gasteiger partial charge < -0.3 is 4.74 Å². The quantitative estimate of drug-likeness (QED) is 0.687. The molecule has 2 heterocycles. The maximum atomic E-state index is 5.79. The number of fused-ring (bicyclic) bond motifs is 1. The molecule has 0 aliphatic rings. The smallest absolute Gasteiger partial charge is 0.244 e. The zero-order valence-electron chi connectivity index (χ0n) is 7.15. The Labute approximate surface area is 79.3 Å². The highest BCUT2D eigenvalue weighted by molar-refractivity contribution is 6.33. The van der Waals surface area contributed by atoms with E-state index in [2.05, 4.69) is 15.3 Å². The van der Waals surface area contributed by atoms with Crippen molar-refractivity contribution < 1.29 is 4.74 Å². The molecule has 0 bridgehead atoms. The molecule has 0 amide bonds. The molecule has 0 aromatic carbocycles. The molecule has 0 aliphatic carbocycles. The zero-order chi connectivity index (χ0) is 9.42. The van der Waals surface area contributed by atoms with Crippen LogP contribution in [-0.2, 0) is 7.05 Å². The molecule has 2 aromatic heterocycles. The minimum Gasteiger partial charge on any atom is -0.479 e. The number of halogens is 1. The summed E-state index contributed by atoms with van der Waals surface area (Å²) in [5.41, 5.74) is 0.607. The predicted molar refractivity (Wildman–Crippen MR) is 47.9 cm³/mol. The summed E-state index contributed by atoms with van der Waals surface area (Å²) in [5.74, 6) is 0.438. The average Bonchev–Trinajstić information content (AvgIpc) is 2.48. The molecule has 6 heteroatoms. The zero-order valence-corrected chi connectivity index (χ0v) is 7.91. The van der Waals surface area contributed by atoms with Crippen molar-refractivity contribution >= 4 is 22.5 Å². The van der Waals surface area contributed by atoms with E-state index in [-0.39, 0.29) is 5.15 Å². The summed E-state index contributed by atoms with van der Waals surface area (Å²) in [7, 11) is 3.33. The first-order valence-corrected chi connectivity index (χ1v) is 3.99. The third-order valence-corrected chi connectivity index (χ3v) is 1.93. The Morgan fingerprint density at radius 3 is 2.92 bits per heavy atom. The van der Waals surface area contributed by atoms with Gasteiger partial charge in [0.2, 0.25) is 5.88 Å². The molecule has 2 aromatic rings. The summed E-state index contributed by atoms with van der Waals surface area (Å²) in [6.07, 6.45) is 1.79. The Hall–Kier alpha value is -1.36. The molecule has 0 atom stereocenters. The highest BCUT2D eigenvalue weighted by Gasteiger charge is 2.11. The summed E-state index contributed by atoms with van der Waals surface area (Å²) < 4.78 is 6.65. The van der Waals surface area contributed by atoms with Gasteiger partial charge in [-0.05, 0) is 0 Å². The van der Waals surface area contributed by atoms with Gasteiger partial charge in [0.25, 0.3) is 0 Å². The van der Waals surface area contributed by atoms with E-state index in [9.17, 15) is 0 Å². The van der Waals surface area contributed by atoms with Crippen molar-refractivity contribution in [3.63, 3.8) is 0 Å². The number of rotatable bonds is 1. The maximum absolute atomic E-state index is 5.79. The van der Waals surface area contributed by atoms with Crippen LogP contribution in [0.15, 0.2) is 6.20 Å². The highest BCUT2D eigenvalue weighted by atomic mass is 35.5. The molecular weight excluding hydrogens is 192 g/mol. The fourth-order valence-corrected chi connectivity index (χ4v) is 1.32. The molecule has 0 saturated carbocycles. The first kappa shape index (κ1) is 8.25. The first-order valence-electron chi connectivity index (χ1n) is 3.62. The van der Waals surface area contributed by atoms with Crippen LogP contribution in [0.3, 0.4) is 0 Å². The summed E-state index contributed by atoms with van der Waals surface area (Å²) >= 11 is 5.79. The van der Waals surface area contributed by atoms with Crippen LogP contribution in [-0.4, -0.2) is 27.1 Å². The first-order chi connectivity index (χ1) is 6.22. The molecule has 0 spiro atoms. The lowest BCUT2D eigenvalue weighted by Crippen LogP contribution is -1.91. The Balaban J connectivity index is 2.83. The molecule has 2 rings (SSSR count).